The van der Waals surface area contributed by atoms with Crippen LogP contribution in [-0.2, 0) is 22.7 Å². The van der Waals surface area contributed by atoms with Gasteiger partial charge in [0.2, 0.25) is 5.91 Å². The molecule has 0 atom stereocenters. The molecule has 1 saturated carbocycles. The van der Waals surface area contributed by atoms with E-state index in [9.17, 15) is 9.59 Å². The lowest BCUT2D eigenvalue weighted by Gasteiger charge is -2.22. The molecule has 144 valence electrons. The van der Waals surface area contributed by atoms with E-state index in [1.165, 1.54) is 19.3 Å². The van der Waals surface area contributed by atoms with E-state index in [1.54, 1.807) is 7.11 Å². The molecule has 6 nitrogen and oxygen atoms in total. The molecule has 0 heterocycles. The first-order valence-corrected chi connectivity index (χ1v) is 9.55. The van der Waals surface area contributed by atoms with Crippen molar-refractivity contribution >= 4 is 11.9 Å². The maximum atomic E-state index is 11.9. The predicted molar refractivity (Wildman–Crippen MR) is 102 cm³/mol. The molecule has 0 unspecified atom stereocenters. The van der Waals surface area contributed by atoms with E-state index in [4.69, 9.17) is 4.74 Å². The highest BCUT2D eigenvalue weighted by Crippen LogP contribution is 2.17. The van der Waals surface area contributed by atoms with Gasteiger partial charge in [-0.1, -0.05) is 43.5 Å². The van der Waals surface area contributed by atoms with E-state index in [0.29, 0.717) is 38.6 Å². The molecule has 1 aromatic carbocycles. The van der Waals surface area contributed by atoms with Gasteiger partial charge in [0.15, 0.2) is 0 Å². The first-order chi connectivity index (χ1) is 12.7. The Balaban J connectivity index is 1.55. The highest BCUT2D eigenvalue weighted by Gasteiger charge is 2.15. The summed E-state index contributed by atoms with van der Waals surface area (Å²) in [6, 6.07) is 8.16. The second kappa shape index (κ2) is 11.5. The fourth-order valence-corrected chi connectivity index (χ4v) is 3.22. The first kappa shape index (κ1) is 20.2. The molecule has 6 heteroatoms. The predicted octanol–water partition coefficient (Wildman–Crippen LogP) is 2.86. The number of nitrogens with one attached hydrogen (secondary N) is 3. The van der Waals surface area contributed by atoms with Crippen LogP contribution in [0.3, 0.4) is 0 Å². The van der Waals surface area contributed by atoms with Gasteiger partial charge in [-0.05, 0) is 30.4 Å². The SMILES string of the molecule is COCc1cccc(CNC(=O)CCCNC(=O)NC2CCCCC2)c1. The van der Waals surface area contributed by atoms with Crippen LogP contribution in [0, 0.1) is 0 Å². The number of methoxy groups -OCH3 is 1. The van der Waals surface area contributed by atoms with Crippen molar-refractivity contribution in [2.75, 3.05) is 13.7 Å². The molecule has 0 saturated heterocycles. The average Bonchev–Trinajstić information content (AvgIpc) is 2.65. The maximum Gasteiger partial charge on any atom is 0.315 e. The first-order valence-electron chi connectivity index (χ1n) is 9.55. The summed E-state index contributed by atoms with van der Waals surface area (Å²) in [6.45, 7) is 1.58. The fourth-order valence-electron chi connectivity index (χ4n) is 3.22. The minimum absolute atomic E-state index is 0.00312. The van der Waals surface area contributed by atoms with E-state index in [1.807, 2.05) is 24.3 Å². The minimum atomic E-state index is -0.118. The lowest BCUT2D eigenvalue weighted by molar-refractivity contribution is -0.121. The molecule has 0 radical (unpaired) electrons. The zero-order chi connectivity index (χ0) is 18.6. The lowest BCUT2D eigenvalue weighted by atomic mass is 9.96. The maximum absolute atomic E-state index is 11.9. The number of benzene rings is 1. The molecule has 1 aliphatic rings. The van der Waals surface area contributed by atoms with Crippen molar-refractivity contribution in [2.24, 2.45) is 0 Å². The second-order valence-corrected chi connectivity index (χ2v) is 6.87. The monoisotopic (exact) mass is 361 g/mol. The number of carbonyl (C=O) groups is 2. The van der Waals surface area contributed by atoms with E-state index >= 15 is 0 Å². The largest absolute Gasteiger partial charge is 0.380 e. The average molecular weight is 361 g/mol. The Kier molecular flexibility index (Phi) is 8.96. The molecule has 3 amide bonds. The molecule has 3 N–H and O–H groups in total. The van der Waals surface area contributed by atoms with Crippen LogP contribution in [0.1, 0.15) is 56.1 Å². The van der Waals surface area contributed by atoms with Gasteiger partial charge in [-0.2, -0.15) is 0 Å². The molecule has 1 fully saturated rings. The van der Waals surface area contributed by atoms with Crippen molar-refractivity contribution in [1.29, 1.82) is 0 Å². The summed E-state index contributed by atoms with van der Waals surface area (Å²) in [5, 5.41) is 8.76. The quantitative estimate of drug-likeness (QED) is 0.592. The molecule has 2 rings (SSSR count). The Morgan fingerprint density at radius 3 is 2.65 bits per heavy atom. The van der Waals surface area contributed by atoms with E-state index in [0.717, 1.165) is 24.0 Å². The van der Waals surface area contributed by atoms with Crippen molar-refractivity contribution in [3.8, 4) is 0 Å². The summed E-state index contributed by atoms with van der Waals surface area (Å²) in [7, 11) is 1.66. The number of amides is 3. The van der Waals surface area contributed by atoms with Crippen LogP contribution < -0.4 is 16.0 Å². The van der Waals surface area contributed by atoms with Crippen molar-refractivity contribution in [3.05, 3.63) is 35.4 Å². The van der Waals surface area contributed by atoms with Crippen LogP contribution in [0.4, 0.5) is 4.79 Å². The highest BCUT2D eigenvalue weighted by atomic mass is 16.5. The van der Waals surface area contributed by atoms with Crippen LogP contribution in [0.15, 0.2) is 24.3 Å². The Hall–Kier alpha value is -2.08. The van der Waals surface area contributed by atoms with Crippen LogP contribution in [0.2, 0.25) is 0 Å². The summed E-state index contributed by atoms with van der Waals surface area (Å²) in [5.41, 5.74) is 2.14. The Bertz CT molecular complexity index is 571. The summed E-state index contributed by atoms with van der Waals surface area (Å²) in [6.07, 6.45) is 6.84. The van der Waals surface area contributed by atoms with Gasteiger partial charge in [-0.3, -0.25) is 4.79 Å². The molecule has 0 bridgehead atoms. The number of rotatable bonds is 9. The molecule has 0 aromatic heterocycles. The molecule has 0 aliphatic heterocycles. The van der Waals surface area contributed by atoms with Crippen LogP contribution >= 0.6 is 0 Å². The van der Waals surface area contributed by atoms with Crippen molar-refractivity contribution in [1.82, 2.24) is 16.0 Å². The van der Waals surface area contributed by atoms with Gasteiger partial charge in [-0.15, -0.1) is 0 Å². The molecule has 1 aliphatic carbocycles. The topological polar surface area (TPSA) is 79.5 Å². The van der Waals surface area contributed by atoms with Crippen LogP contribution in [-0.4, -0.2) is 31.6 Å². The number of hydrogen-bond donors (Lipinski definition) is 3. The normalized spacial score (nSPS) is 14.7. The second-order valence-electron chi connectivity index (χ2n) is 6.87. The van der Waals surface area contributed by atoms with E-state index in [-0.39, 0.29) is 11.9 Å². The minimum Gasteiger partial charge on any atom is -0.380 e. The van der Waals surface area contributed by atoms with E-state index in [2.05, 4.69) is 16.0 Å². The summed E-state index contributed by atoms with van der Waals surface area (Å²) in [4.78, 5) is 23.7. The Morgan fingerprint density at radius 2 is 1.88 bits per heavy atom. The lowest BCUT2D eigenvalue weighted by Crippen LogP contribution is -2.43. The number of carbonyl (C=O) groups excluding carboxylic acids is 2. The number of ether oxygens (including phenoxy) is 1. The Morgan fingerprint density at radius 1 is 1.12 bits per heavy atom. The van der Waals surface area contributed by atoms with Gasteiger partial charge in [0, 0.05) is 32.7 Å². The van der Waals surface area contributed by atoms with Crippen molar-refractivity contribution < 1.29 is 14.3 Å². The van der Waals surface area contributed by atoms with Crippen LogP contribution in [0.5, 0.6) is 0 Å². The Labute approximate surface area is 156 Å². The van der Waals surface area contributed by atoms with Gasteiger partial charge in [0.1, 0.15) is 0 Å². The number of urea groups is 1. The van der Waals surface area contributed by atoms with E-state index < -0.39 is 0 Å². The zero-order valence-electron chi connectivity index (χ0n) is 15.7. The smallest absolute Gasteiger partial charge is 0.315 e. The molecule has 0 spiro atoms. The van der Waals surface area contributed by atoms with Crippen molar-refractivity contribution in [2.45, 2.75) is 64.1 Å². The highest BCUT2D eigenvalue weighted by molar-refractivity contribution is 5.76. The molecular formula is C20H31N3O3. The third-order valence-electron chi connectivity index (χ3n) is 4.60. The van der Waals surface area contributed by atoms with Gasteiger partial charge in [0.25, 0.3) is 0 Å². The fraction of sp³-hybridized carbons (Fsp3) is 0.600. The molecule has 1 aromatic rings. The zero-order valence-corrected chi connectivity index (χ0v) is 15.7. The summed E-state index contributed by atoms with van der Waals surface area (Å²) < 4.78 is 5.11. The standard InChI is InChI=1S/C20H31N3O3/c1-26-15-17-8-5-7-16(13-17)14-22-19(24)11-6-12-21-20(25)23-18-9-3-2-4-10-18/h5,7-8,13,18H,2-4,6,9-12,14-15H2,1H3,(H,22,24)(H2,21,23,25). The van der Waals surface area contributed by atoms with Gasteiger partial charge < -0.3 is 20.7 Å². The third-order valence-corrected chi connectivity index (χ3v) is 4.60. The number of hydrogen-bond acceptors (Lipinski definition) is 3. The molecule has 26 heavy (non-hydrogen) atoms. The third kappa shape index (κ3) is 7.87. The van der Waals surface area contributed by atoms with Gasteiger partial charge in [-0.25, -0.2) is 4.79 Å². The van der Waals surface area contributed by atoms with Gasteiger partial charge in [0.05, 0.1) is 6.61 Å². The van der Waals surface area contributed by atoms with Crippen molar-refractivity contribution in [3.63, 3.8) is 0 Å². The molecular weight excluding hydrogens is 330 g/mol. The summed E-state index contributed by atoms with van der Waals surface area (Å²) >= 11 is 0. The van der Waals surface area contributed by atoms with Crippen LogP contribution in [0.25, 0.3) is 0 Å². The summed E-state index contributed by atoms with van der Waals surface area (Å²) in [5.74, 6) is -0.00312. The van der Waals surface area contributed by atoms with Gasteiger partial charge >= 0.3 is 6.03 Å².